The number of fused-ring (bicyclic) bond motifs is 1. The van der Waals surface area contributed by atoms with Crippen LogP contribution in [0, 0.1) is 0 Å². The van der Waals surface area contributed by atoms with Crippen molar-refractivity contribution in [2.45, 2.75) is 26.3 Å². The van der Waals surface area contributed by atoms with Crippen LogP contribution in [0.4, 0.5) is 0 Å². The van der Waals surface area contributed by atoms with E-state index in [4.69, 9.17) is 46.6 Å². The zero-order chi connectivity index (χ0) is 31.4. The highest BCUT2D eigenvalue weighted by molar-refractivity contribution is 7.07. The summed E-state index contributed by atoms with van der Waals surface area (Å²) in [5.74, 6) is 1.23. The number of nitrogens with zero attached hydrogens (tertiary/aromatic N) is 2. The predicted molar refractivity (Wildman–Crippen MR) is 170 cm³/mol. The molecule has 0 bridgehead atoms. The summed E-state index contributed by atoms with van der Waals surface area (Å²) in [6.07, 6.45) is 2.38. The normalized spacial score (nSPS) is 14.8. The number of aromatic nitrogens is 1. The predicted octanol–water partition coefficient (Wildman–Crippen LogP) is 5.79. The molecule has 0 spiro atoms. The van der Waals surface area contributed by atoms with Crippen LogP contribution in [0.3, 0.4) is 0 Å². The fraction of sp³-hybridized carbons (Fsp3) is 0.281. The van der Waals surface area contributed by atoms with Gasteiger partial charge in [0.05, 0.1) is 46.2 Å². The van der Waals surface area contributed by atoms with Gasteiger partial charge in [-0.2, -0.15) is 0 Å². The number of halogens is 2. The molecule has 230 valence electrons. The van der Waals surface area contributed by atoms with E-state index < -0.39 is 12.0 Å². The number of methoxy groups -OCH3 is 2. The third-order valence-corrected chi connectivity index (χ3v) is 8.66. The van der Waals surface area contributed by atoms with E-state index in [9.17, 15) is 9.59 Å². The van der Waals surface area contributed by atoms with Gasteiger partial charge >= 0.3 is 5.97 Å². The number of carbonyl (C=O) groups excluding carboxylic acids is 1. The van der Waals surface area contributed by atoms with Crippen molar-refractivity contribution in [3.63, 3.8) is 0 Å². The first-order valence-electron chi connectivity index (χ1n) is 13.8. The monoisotopic (exact) mass is 656 g/mol. The number of allylic oxidation sites excluding steroid dienone is 1. The van der Waals surface area contributed by atoms with E-state index in [1.165, 1.54) is 23.0 Å². The van der Waals surface area contributed by atoms with Gasteiger partial charge in [0, 0.05) is 24.3 Å². The van der Waals surface area contributed by atoms with Crippen LogP contribution in [-0.2, 0) is 14.3 Å². The molecule has 1 aliphatic heterocycles. The Labute approximate surface area is 267 Å². The summed E-state index contributed by atoms with van der Waals surface area (Å²) in [6, 6.07) is 13.2. The molecule has 0 saturated heterocycles. The number of carbonyl (C=O) groups is 1. The summed E-state index contributed by atoms with van der Waals surface area (Å²) < 4.78 is 30.2. The van der Waals surface area contributed by atoms with E-state index in [0.29, 0.717) is 65.8 Å². The van der Waals surface area contributed by atoms with Crippen molar-refractivity contribution in [1.82, 2.24) is 4.57 Å². The van der Waals surface area contributed by atoms with E-state index >= 15 is 0 Å². The Morgan fingerprint density at radius 1 is 1.09 bits per heavy atom. The van der Waals surface area contributed by atoms with Crippen LogP contribution in [-0.4, -0.2) is 44.6 Å². The molecule has 0 aliphatic carbocycles. The van der Waals surface area contributed by atoms with Crippen molar-refractivity contribution >= 4 is 46.6 Å². The summed E-state index contributed by atoms with van der Waals surface area (Å²) in [4.78, 5) is 32.7. The number of ether oxygens (including phenoxy) is 4. The molecule has 5 rings (SSSR count). The van der Waals surface area contributed by atoms with E-state index in [1.54, 1.807) is 62.6 Å². The highest BCUT2D eigenvalue weighted by Crippen LogP contribution is 2.41. The van der Waals surface area contributed by atoms with Crippen molar-refractivity contribution < 1.29 is 28.2 Å². The van der Waals surface area contributed by atoms with Crippen LogP contribution >= 0.6 is 34.5 Å². The molecule has 3 heterocycles. The zero-order valence-corrected chi connectivity index (χ0v) is 26.8. The Morgan fingerprint density at radius 3 is 2.64 bits per heavy atom. The highest BCUT2D eigenvalue weighted by atomic mass is 35.5. The SMILES string of the molecule is CCCOc1c(OC)cccc1[C@H]1C(C(=O)OCCOC)=C(C)N=c2s/c(=C/c3ccc(-c4cccc(Cl)c4Cl)o3)c(=O)n21. The molecule has 0 saturated carbocycles. The van der Waals surface area contributed by atoms with Gasteiger partial charge in [0.2, 0.25) is 0 Å². The summed E-state index contributed by atoms with van der Waals surface area (Å²) in [5.41, 5.74) is 1.46. The van der Waals surface area contributed by atoms with Gasteiger partial charge in [-0.05, 0) is 43.7 Å². The average molecular weight is 658 g/mol. The average Bonchev–Trinajstić information content (AvgIpc) is 3.60. The maximum atomic E-state index is 14.1. The van der Waals surface area contributed by atoms with Crippen molar-refractivity contribution in [2.75, 3.05) is 34.0 Å². The number of para-hydroxylation sites is 1. The fourth-order valence-electron chi connectivity index (χ4n) is 4.84. The zero-order valence-electron chi connectivity index (χ0n) is 24.5. The van der Waals surface area contributed by atoms with Crippen LogP contribution < -0.4 is 24.4 Å². The van der Waals surface area contributed by atoms with Gasteiger partial charge in [-0.1, -0.05) is 59.7 Å². The first-order valence-corrected chi connectivity index (χ1v) is 15.4. The van der Waals surface area contributed by atoms with Gasteiger partial charge in [-0.3, -0.25) is 9.36 Å². The number of esters is 1. The van der Waals surface area contributed by atoms with Crippen LogP contribution in [0.15, 0.2) is 74.0 Å². The molecule has 1 aliphatic rings. The Balaban J connectivity index is 1.67. The molecule has 9 nitrogen and oxygen atoms in total. The van der Waals surface area contributed by atoms with Crippen LogP contribution in [0.5, 0.6) is 11.5 Å². The quantitative estimate of drug-likeness (QED) is 0.149. The second-order valence-electron chi connectivity index (χ2n) is 9.74. The lowest BCUT2D eigenvalue weighted by atomic mass is 9.94. The summed E-state index contributed by atoms with van der Waals surface area (Å²) in [7, 11) is 3.06. The van der Waals surface area contributed by atoms with Gasteiger partial charge in [0.25, 0.3) is 5.56 Å². The Hall–Kier alpha value is -3.83. The molecular weight excluding hydrogens is 627 g/mol. The lowest BCUT2D eigenvalue weighted by molar-refractivity contribution is -0.140. The third-order valence-electron chi connectivity index (χ3n) is 6.85. The molecule has 0 fully saturated rings. The van der Waals surface area contributed by atoms with Crippen molar-refractivity contribution in [1.29, 1.82) is 0 Å². The van der Waals surface area contributed by atoms with E-state index in [-0.39, 0.29) is 24.3 Å². The lowest BCUT2D eigenvalue weighted by Crippen LogP contribution is -2.40. The van der Waals surface area contributed by atoms with Gasteiger partial charge in [0.1, 0.15) is 24.2 Å². The number of rotatable bonds is 11. The molecule has 2 aromatic carbocycles. The molecule has 44 heavy (non-hydrogen) atoms. The second-order valence-corrected chi connectivity index (χ2v) is 11.5. The molecule has 12 heteroatoms. The Morgan fingerprint density at radius 2 is 1.89 bits per heavy atom. The maximum Gasteiger partial charge on any atom is 0.338 e. The van der Waals surface area contributed by atoms with E-state index in [2.05, 4.69) is 4.99 Å². The number of hydrogen-bond acceptors (Lipinski definition) is 9. The van der Waals surface area contributed by atoms with E-state index in [0.717, 1.165) is 6.42 Å². The number of thiazole rings is 1. The number of furan rings is 1. The molecule has 0 unspecified atom stereocenters. The molecule has 0 radical (unpaired) electrons. The lowest BCUT2D eigenvalue weighted by Gasteiger charge is -2.27. The van der Waals surface area contributed by atoms with Crippen LogP contribution in [0.2, 0.25) is 10.0 Å². The summed E-state index contributed by atoms with van der Waals surface area (Å²) in [5, 5.41) is 0.774. The molecule has 0 amide bonds. The minimum absolute atomic E-state index is 0.0397. The van der Waals surface area contributed by atoms with Gasteiger partial charge in [-0.25, -0.2) is 9.79 Å². The van der Waals surface area contributed by atoms with E-state index in [1.807, 2.05) is 13.0 Å². The Bertz CT molecular complexity index is 1910. The minimum Gasteiger partial charge on any atom is -0.493 e. The molecule has 4 aromatic rings. The number of benzene rings is 2. The third kappa shape index (κ3) is 6.21. The summed E-state index contributed by atoms with van der Waals surface area (Å²) >= 11 is 13.8. The van der Waals surface area contributed by atoms with Crippen molar-refractivity contribution in [3.05, 3.63) is 101 Å². The minimum atomic E-state index is -0.900. The van der Waals surface area contributed by atoms with Gasteiger partial charge in [-0.15, -0.1) is 0 Å². The molecule has 0 N–H and O–H groups in total. The topological polar surface area (TPSA) is 101 Å². The summed E-state index contributed by atoms with van der Waals surface area (Å²) in [6.45, 7) is 4.37. The van der Waals surface area contributed by atoms with Gasteiger partial charge in [0.15, 0.2) is 16.3 Å². The number of hydrogen-bond donors (Lipinski definition) is 0. The first kappa shape index (κ1) is 31.6. The van der Waals surface area contributed by atoms with Gasteiger partial charge < -0.3 is 23.4 Å². The van der Waals surface area contributed by atoms with Crippen LogP contribution in [0.25, 0.3) is 17.4 Å². The highest BCUT2D eigenvalue weighted by Gasteiger charge is 2.36. The molecule has 1 atom stereocenters. The first-order chi connectivity index (χ1) is 21.3. The maximum absolute atomic E-state index is 14.1. The second kappa shape index (κ2) is 13.9. The Kier molecular flexibility index (Phi) is 9.95. The largest absolute Gasteiger partial charge is 0.493 e. The van der Waals surface area contributed by atoms with Crippen molar-refractivity contribution in [2.24, 2.45) is 4.99 Å². The standard InChI is InChI=1S/C32H30Cl2N2O7S/c1-5-14-41-29-21(9-7-11-24(29)40-4)28-26(31(38)42-16-15-39-3)18(2)35-32-36(28)30(37)25(44-32)17-19-12-13-23(43-19)20-8-6-10-22(33)27(20)34/h6-13,17,28H,5,14-16H2,1-4H3/b25-17+/t28-/m0/s1. The van der Waals surface area contributed by atoms with Crippen LogP contribution in [0.1, 0.15) is 37.6 Å². The molecular formula is C32H30Cl2N2O7S. The smallest absolute Gasteiger partial charge is 0.338 e. The fourth-order valence-corrected chi connectivity index (χ4v) is 6.26. The van der Waals surface area contributed by atoms with Crippen molar-refractivity contribution in [3.8, 4) is 22.8 Å². The molecule has 2 aromatic heterocycles.